The molecule has 2 N–H and O–H groups in total. The highest BCUT2D eigenvalue weighted by Crippen LogP contribution is 2.44. The van der Waals surface area contributed by atoms with E-state index in [1.54, 1.807) is 12.1 Å². The van der Waals surface area contributed by atoms with Gasteiger partial charge < -0.3 is 14.9 Å². The number of benzene rings is 1. The lowest BCUT2D eigenvalue weighted by molar-refractivity contribution is -0.139. The fourth-order valence-corrected chi connectivity index (χ4v) is 5.99. The second-order valence-corrected chi connectivity index (χ2v) is 11.2. The highest BCUT2D eigenvalue weighted by molar-refractivity contribution is 7.92. The summed E-state index contributed by atoms with van der Waals surface area (Å²) in [4.78, 5) is 17.4. The quantitative estimate of drug-likeness (QED) is 0.716. The van der Waals surface area contributed by atoms with Crippen LogP contribution in [-0.4, -0.2) is 61.9 Å². The minimum absolute atomic E-state index is 0.0798. The molecule has 0 aromatic heterocycles. The van der Waals surface area contributed by atoms with Gasteiger partial charge in [0.2, 0.25) is 15.9 Å². The van der Waals surface area contributed by atoms with Crippen molar-refractivity contribution in [3.63, 3.8) is 0 Å². The van der Waals surface area contributed by atoms with Crippen molar-refractivity contribution in [3.8, 4) is 0 Å². The summed E-state index contributed by atoms with van der Waals surface area (Å²) in [6.45, 7) is 3.40. The molecule has 1 saturated carbocycles. The molecule has 0 radical (unpaired) electrons. The number of anilines is 2. The van der Waals surface area contributed by atoms with Crippen molar-refractivity contribution in [2.45, 2.75) is 64.0 Å². The third-order valence-electron chi connectivity index (χ3n) is 7.17. The van der Waals surface area contributed by atoms with Crippen LogP contribution in [0.25, 0.3) is 0 Å². The van der Waals surface area contributed by atoms with Gasteiger partial charge in [-0.05, 0) is 64.0 Å². The van der Waals surface area contributed by atoms with E-state index in [0.29, 0.717) is 18.8 Å². The molecule has 3 aliphatic rings. The van der Waals surface area contributed by atoms with Crippen LogP contribution in [0.4, 0.5) is 15.8 Å². The van der Waals surface area contributed by atoms with Crippen LogP contribution in [0.1, 0.15) is 51.9 Å². The summed E-state index contributed by atoms with van der Waals surface area (Å²) in [6.07, 6.45) is 5.32. The van der Waals surface area contributed by atoms with Gasteiger partial charge >= 0.3 is 0 Å². The van der Waals surface area contributed by atoms with E-state index >= 15 is 0 Å². The molecule has 2 saturated heterocycles. The van der Waals surface area contributed by atoms with Gasteiger partial charge in [-0.1, -0.05) is 0 Å². The first-order valence-corrected chi connectivity index (χ1v) is 12.9. The number of likely N-dealkylation sites (tertiary alicyclic amines) is 1. The molecule has 2 heterocycles. The van der Waals surface area contributed by atoms with E-state index in [-0.39, 0.29) is 29.5 Å². The largest absolute Gasteiger partial charge is 0.393 e. The number of nitrogens with one attached hydrogen (secondary N) is 1. The molecule has 1 aromatic carbocycles. The van der Waals surface area contributed by atoms with Crippen molar-refractivity contribution in [2.24, 2.45) is 5.41 Å². The zero-order valence-electron chi connectivity index (χ0n) is 18.0. The summed E-state index contributed by atoms with van der Waals surface area (Å²) in [7, 11) is -3.47. The fraction of sp³-hybridized carbons (Fsp3) is 0.682. The summed E-state index contributed by atoms with van der Waals surface area (Å²) in [5.74, 6) is -0.396. The van der Waals surface area contributed by atoms with Gasteiger partial charge in [-0.25, -0.2) is 12.8 Å². The van der Waals surface area contributed by atoms with E-state index < -0.39 is 21.3 Å². The standard InChI is InChI=1S/C22H32FN3O4S/c1-2-31(29,30)24-16-4-9-20(19(23)14-16)25-12-3-10-22(15-25)11-13-26(21(22)28)17-5-7-18(27)8-6-17/h4,9,14,17-18,24,27H,2-3,5-8,10-13,15H2,1H3/t17-,18-,22-/m1/s1. The maximum absolute atomic E-state index is 14.9. The maximum Gasteiger partial charge on any atom is 0.232 e. The van der Waals surface area contributed by atoms with Gasteiger partial charge in [0, 0.05) is 31.7 Å². The molecule has 3 fully saturated rings. The van der Waals surface area contributed by atoms with Gasteiger partial charge in [0.25, 0.3) is 0 Å². The van der Waals surface area contributed by atoms with Gasteiger partial charge in [-0.3, -0.25) is 9.52 Å². The average molecular weight is 454 g/mol. The number of hydrogen-bond donors (Lipinski definition) is 2. The Balaban J connectivity index is 1.48. The molecule has 1 aliphatic carbocycles. The molecule has 0 unspecified atom stereocenters. The molecule has 1 amide bonds. The summed E-state index contributed by atoms with van der Waals surface area (Å²) in [5, 5.41) is 9.78. The van der Waals surface area contributed by atoms with Crippen LogP contribution < -0.4 is 9.62 Å². The predicted molar refractivity (Wildman–Crippen MR) is 118 cm³/mol. The average Bonchev–Trinajstić information content (AvgIpc) is 3.04. The molecule has 1 aromatic rings. The highest BCUT2D eigenvalue weighted by atomic mass is 32.2. The van der Waals surface area contributed by atoms with Gasteiger partial charge in [0.1, 0.15) is 5.82 Å². The number of amides is 1. The minimum atomic E-state index is -3.47. The Kier molecular flexibility index (Phi) is 6.18. The first kappa shape index (κ1) is 22.3. The molecule has 7 nitrogen and oxygen atoms in total. The Morgan fingerprint density at radius 1 is 1.19 bits per heavy atom. The number of hydrogen-bond acceptors (Lipinski definition) is 5. The van der Waals surface area contributed by atoms with Crippen LogP contribution in [-0.2, 0) is 14.8 Å². The Labute approximate surface area is 183 Å². The monoisotopic (exact) mass is 453 g/mol. The number of piperidine rings is 1. The van der Waals surface area contributed by atoms with Crippen molar-refractivity contribution in [3.05, 3.63) is 24.0 Å². The van der Waals surface area contributed by atoms with E-state index in [1.807, 2.05) is 9.80 Å². The normalized spacial score (nSPS) is 29.6. The van der Waals surface area contributed by atoms with Crippen molar-refractivity contribution in [1.29, 1.82) is 0 Å². The van der Waals surface area contributed by atoms with Crippen LogP contribution in [0.3, 0.4) is 0 Å². The third-order valence-corrected chi connectivity index (χ3v) is 8.48. The molecular weight excluding hydrogens is 421 g/mol. The zero-order chi connectivity index (χ0) is 22.2. The summed E-state index contributed by atoms with van der Waals surface area (Å²) < 4.78 is 40.8. The van der Waals surface area contributed by atoms with Crippen molar-refractivity contribution >= 4 is 27.3 Å². The van der Waals surface area contributed by atoms with E-state index in [4.69, 9.17) is 0 Å². The second-order valence-electron chi connectivity index (χ2n) is 9.19. The van der Waals surface area contributed by atoms with E-state index in [9.17, 15) is 22.7 Å². The van der Waals surface area contributed by atoms with Crippen LogP contribution in [0.5, 0.6) is 0 Å². The molecule has 1 spiro atoms. The lowest BCUT2D eigenvalue weighted by Crippen LogP contribution is -2.50. The number of halogens is 1. The van der Waals surface area contributed by atoms with Gasteiger partial charge in [-0.15, -0.1) is 0 Å². The van der Waals surface area contributed by atoms with Crippen LogP contribution in [0.2, 0.25) is 0 Å². The van der Waals surface area contributed by atoms with Crippen LogP contribution in [0, 0.1) is 11.2 Å². The number of sulfonamides is 1. The molecule has 4 rings (SSSR count). The predicted octanol–water partition coefficient (Wildman–Crippen LogP) is 2.71. The Morgan fingerprint density at radius 3 is 2.61 bits per heavy atom. The van der Waals surface area contributed by atoms with Crippen molar-refractivity contribution in [2.75, 3.05) is 35.0 Å². The van der Waals surface area contributed by atoms with Crippen LogP contribution >= 0.6 is 0 Å². The number of nitrogens with zero attached hydrogens (tertiary/aromatic N) is 2. The number of rotatable bonds is 5. The van der Waals surface area contributed by atoms with E-state index in [0.717, 1.165) is 51.5 Å². The molecule has 1 atom stereocenters. The Hall–Kier alpha value is -1.87. The molecule has 0 bridgehead atoms. The minimum Gasteiger partial charge on any atom is -0.393 e. The fourth-order valence-electron chi connectivity index (χ4n) is 5.36. The molecule has 9 heteroatoms. The number of aliphatic hydroxyl groups excluding tert-OH is 1. The molecular formula is C22H32FN3O4S. The Bertz CT molecular complexity index is 933. The van der Waals surface area contributed by atoms with E-state index in [2.05, 4.69) is 4.72 Å². The lowest BCUT2D eigenvalue weighted by Gasteiger charge is -2.41. The van der Waals surface area contributed by atoms with Gasteiger partial charge in [0.15, 0.2) is 0 Å². The van der Waals surface area contributed by atoms with E-state index in [1.165, 1.54) is 13.0 Å². The van der Waals surface area contributed by atoms with Crippen LogP contribution in [0.15, 0.2) is 18.2 Å². The zero-order valence-corrected chi connectivity index (χ0v) is 18.8. The molecule has 2 aliphatic heterocycles. The smallest absolute Gasteiger partial charge is 0.232 e. The first-order chi connectivity index (χ1) is 14.7. The number of carbonyl (C=O) groups excluding carboxylic acids is 1. The Morgan fingerprint density at radius 2 is 1.94 bits per heavy atom. The third kappa shape index (κ3) is 4.53. The van der Waals surface area contributed by atoms with Gasteiger partial charge in [-0.2, -0.15) is 0 Å². The summed E-state index contributed by atoms with van der Waals surface area (Å²) in [5.41, 5.74) is 0.131. The molecule has 172 valence electrons. The van der Waals surface area contributed by atoms with Crippen molar-refractivity contribution < 1.29 is 22.7 Å². The van der Waals surface area contributed by atoms with Crippen molar-refractivity contribution in [1.82, 2.24) is 4.90 Å². The summed E-state index contributed by atoms with van der Waals surface area (Å²) in [6, 6.07) is 4.58. The first-order valence-electron chi connectivity index (χ1n) is 11.3. The topological polar surface area (TPSA) is 90.0 Å². The lowest BCUT2D eigenvalue weighted by atomic mass is 9.78. The number of aliphatic hydroxyl groups is 1. The SMILES string of the molecule is CCS(=O)(=O)Nc1ccc(N2CCC[C@@]3(CCN([C@H]4CC[C@H](O)CC4)C3=O)C2)c(F)c1. The summed E-state index contributed by atoms with van der Waals surface area (Å²) >= 11 is 0. The molecule has 31 heavy (non-hydrogen) atoms. The van der Waals surface area contributed by atoms with Gasteiger partial charge in [0.05, 0.1) is 28.6 Å². The number of carbonyl (C=O) groups is 1. The maximum atomic E-state index is 14.9. The second kappa shape index (κ2) is 8.58. The highest BCUT2D eigenvalue weighted by Gasteiger charge is 2.50.